The second kappa shape index (κ2) is 5.29. The zero-order chi connectivity index (χ0) is 13.1. The molecule has 1 aromatic rings. The van der Waals surface area contributed by atoms with Crippen LogP contribution in [0.25, 0.3) is 0 Å². The Hall–Kier alpha value is -1.71. The zero-order valence-electron chi connectivity index (χ0n) is 10.9. The van der Waals surface area contributed by atoms with E-state index in [0.29, 0.717) is 29.0 Å². The lowest BCUT2D eigenvalue weighted by atomic mass is 10.1. The summed E-state index contributed by atoms with van der Waals surface area (Å²) < 4.78 is 5.11. The average molecular weight is 248 g/mol. The topological polar surface area (TPSA) is 64.4 Å². The van der Waals surface area contributed by atoms with Crippen molar-refractivity contribution in [1.82, 2.24) is 5.32 Å². The van der Waals surface area contributed by atoms with Gasteiger partial charge in [0.2, 0.25) is 0 Å². The van der Waals surface area contributed by atoms with Gasteiger partial charge in [0.15, 0.2) is 0 Å². The van der Waals surface area contributed by atoms with E-state index in [1.54, 1.807) is 25.3 Å². The number of methoxy groups -OCH3 is 1. The maximum Gasteiger partial charge on any atom is 0.251 e. The Morgan fingerprint density at radius 3 is 3.00 bits per heavy atom. The molecular formula is C14H20N2O2. The number of carbonyl (C=O) groups excluding carboxylic acids is 1. The fourth-order valence-electron chi connectivity index (χ4n) is 2.22. The lowest BCUT2D eigenvalue weighted by Gasteiger charge is -2.08. The fourth-order valence-corrected chi connectivity index (χ4v) is 2.22. The Labute approximate surface area is 108 Å². The molecule has 2 rings (SSSR count). The van der Waals surface area contributed by atoms with E-state index in [1.165, 1.54) is 12.8 Å². The Kier molecular flexibility index (Phi) is 3.75. The molecule has 0 spiro atoms. The number of nitrogens with one attached hydrogen (secondary N) is 1. The van der Waals surface area contributed by atoms with Crippen LogP contribution in [-0.4, -0.2) is 19.1 Å². The molecule has 0 saturated heterocycles. The molecule has 0 radical (unpaired) electrons. The monoisotopic (exact) mass is 248 g/mol. The summed E-state index contributed by atoms with van der Waals surface area (Å²) in [5, 5.41) is 3.04. The molecule has 18 heavy (non-hydrogen) atoms. The number of anilines is 1. The van der Waals surface area contributed by atoms with Crippen molar-refractivity contribution >= 4 is 11.6 Å². The number of benzene rings is 1. The van der Waals surface area contributed by atoms with Crippen molar-refractivity contribution in [3.63, 3.8) is 0 Å². The average Bonchev–Trinajstić information content (AvgIpc) is 3.08. The van der Waals surface area contributed by atoms with Crippen LogP contribution in [0.4, 0.5) is 5.69 Å². The van der Waals surface area contributed by atoms with Gasteiger partial charge in [0, 0.05) is 11.6 Å². The summed E-state index contributed by atoms with van der Waals surface area (Å²) in [5.74, 6) is 1.16. The van der Waals surface area contributed by atoms with Crippen molar-refractivity contribution in [2.75, 3.05) is 12.8 Å². The fraction of sp³-hybridized carbons (Fsp3) is 0.500. The van der Waals surface area contributed by atoms with Crippen LogP contribution < -0.4 is 15.8 Å². The molecule has 3 N–H and O–H groups in total. The Balaban J connectivity index is 1.97. The van der Waals surface area contributed by atoms with Crippen LogP contribution in [0.3, 0.4) is 0 Å². The van der Waals surface area contributed by atoms with E-state index in [-0.39, 0.29) is 5.91 Å². The van der Waals surface area contributed by atoms with Crippen LogP contribution in [-0.2, 0) is 0 Å². The van der Waals surface area contributed by atoms with E-state index >= 15 is 0 Å². The smallest absolute Gasteiger partial charge is 0.251 e. The molecule has 0 heterocycles. The van der Waals surface area contributed by atoms with Gasteiger partial charge in [-0.2, -0.15) is 0 Å². The van der Waals surface area contributed by atoms with E-state index in [0.717, 1.165) is 6.42 Å². The number of hydrogen-bond donors (Lipinski definition) is 2. The first-order valence-electron chi connectivity index (χ1n) is 6.40. The van der Waals surface area contributed by atoms with Crippen molar-refractivity contribution in [3.8, 4) is 5.75 Å². The molecule has 1 aliphatic carbocycles. The minimum absolute atomic E-state index is 0.0445. The van der Waals surface area contributed by atoms with E-state index in [1.807, 2.05) is 0 Å². The standard InChI is InChI=1S/C14H20N2O2/c1-3-4-9-7-12(9)16-14(17)10-5-6-11(15)13(8-10)18-2/h5-6,8-9,12H,3-4,7,15H2,1-2H3,(H,16,17). The highest BCUT2D eigenvalue weighted by Crippen LogP contribution is 2.34. The van der Waals surface area contributed by atoms with E-state index in [9.17, 15) is 4.79 Å². The quantitative estimate of drug-likeness (QED) is 0.785. The first-order chi connectivity index (χ1) is 8.65. The molecule has 0 aliphatic heterocycles. The predicted molar refractivity (Wildman–Crippen MR) is 71.7 cm³/mol. The lowest BCUT2D eigenvalue weighted by molar-refractivity contribution is 0.0948. The summed E-state index contributed by atoms with van der Waals surface area (Å²) in [6.45, 7) is 2.17. The summed E-state index contributed by atoms with van der Waals surface area (Å²) in [7, 11) is 1.55. The zero-order valence-corrected chi connectivity index (χ0v) is 10.9. The molecular weight excluding hydrogens is 228 g/mol. The van der Waals surface area contributed by atoms with Gasteiger partial charge in [-0.3, -0.25) is 4.79 Å². The Morgan fingerprint density at radius 2 is 2.33 bits per heavy atom. The minimum Gasteiger partial charge on any atom is -0.495 e. The molecule has 1 aromatic carbocycles. The number of nitrogen functional groups attached to an aromatic ring is 1. The van der Waals surface area contributed by atoms with Gasteiger partial charge in [-0.25, -0.2) is 0 Å². The third-order valence-corrected chi connectivity index (χ3v) is 3.39. The summed E-state index contributed by atoms with van der Waals surface area (Å²) in [4.78, 5) is 12.0. The minimum atomic E-state index is -0.0445. The van der Waals surface area contributed by atoms with Gasteiger partial charge in [-0.05, 0) is 37.0 Å². The number of ether oxygens (including phenoxy) is 1. The van der Waals surface area contributed by atoms with Crippen LogP contribution in [0.2, 0.25) is 0 Å². The Bertz CT molecular complexity index is 445. The van der Waals surface area contributed by atoms with Gasteiger partial charge in [-0.15, -0.1) is 0 Å². The van der Waals surface area contributed by atoms with Crippen molar-refractivity contribution in [2.24, 2.45) is 5.92 Å². The predicted octanol–water partition coefficient (Wildman–Crippen LogP) is 2.20. The SMILES string of the molecule is CCCC1CC1NC(=O)c1ccc(N)c(OC)c1. The molecule has 4 nitrogen and oxygen atoms in total. The van der Waals surface area contributed by atoms with Gasteiger partial charge >= 0.3 is 0 Å². The second-order valence-electron chi connectivity index (χ2n) is 4.82. The highest BCUT2D eigenvalue weighted by Gasteiger charge is 2.37. The van der Waals surface area contributed by atoms with E-state index < -0.39 is 0 Å². The molecule has 1 aliphatic rings. The molecule has 2 unspecified atom stereocenters. The van der Waals surface area contributed by atoms with Gasteiger partial charge in [0.05, 0.1) is 12.8 Å². The molecule has 2 atom stereocenters. The molecule has 98 valence electrons. The first kappa shape index (κ1) is 12.7. The van der Waals surface area contributed by atoms with Gasteiger partial charge in [0.25, 0.3) is 5.91 Å². The van der Waals surface area contributed by atoms with E-state index in [4.69, 9.17) is 10.5 Å². The molecule has 1 fully saturated rings. The first-order valence-corrected chi connectivity index (χ1v) is 6.40. The second-order valence-corrected chi connectivity index (χ2v) is 4.82. The van der Waals surface area contributed by atoms with Gasteiger partial charge in [0.1, 0.15) is 5.75 Å². The molecule has 1 amide bonds. The largest absolute Gasteiger partial charge is 0.495 e. The summed E-state index contributed by atoms with van der Waals surface area (Å²) in [5.41, 5.74) is 6.86. The van der Waals surface area contributed by atoms with Crippen molar-refractivity contribution in [3.05, 3.63) is 23.8 Å². The van der Waals surface area contributed by atoms with E-state index in [2.05, 4.69) is 12.2 Å². The van der Waals surface area contributed by atoms with Gasteiger partial charge < -0.3 is 15.8 Å². The maximum atomic E-state index is 12.0. The molecule has 4 heteroatoms. The van der Waals surface area contributed by atoms with Crippen molar-refractivity contribution in [1.29, 1.82) is 0 Å². The highest BCUT2D eigenvalue weighted by molar-refractivity contribution is 5.95. The third kappa shape index (κ3) is 2.75. The van der Waals surface area contributed by atoms with Crippen LogP contribution in [0, 0.1) is 5.92 Å². The number of amides is 1. The summed E-state index contributed by atoms with van der Waals surface area (Å²) in [6.07, 6.45) is 3.47. The van der Waals surface area contributed by atoms with Gasteiger partial charge in [-0.1, -0.05) is 13.3 Å². The lowest BCUT2D eigenvalue weighted by Crippen LogP contribution is -2.26. The summed E-state index contributed by atoms with van der Waals surface area (Å²) >= 11 is 0. The van der Waals surface area contributed by atoms with Crippen LogP contribution in [0.5, 0.6) is 5.75 Å². The van der Waals surface area contributed by atoms with Crippen molar-refractivity contribution < 1.29 is 9.53 Å². The third-order valence-electron chi connectivity index (χ3n) is 3.39. The number of carbonyl (C=O) groups is 1. The van der Waals surface area contributed by atoms with Crippen LogP contribution >= 0.6 is 0 Å². The van der Waals surface area contributed by atoms with Crippen LogP contribution in [0.1, 0.15) is 36.5 Å². The number of hydrogen-bond acceptors (Lipinski definition) is 3. The molecule has 0 aromatic heterocycles. The molecule has 0 bridgehead atoms. The number of rotatable bonds is 5. The Morgan fingerprint density at radius 1 is 1.56 bits per heavy atom. The number of nitrogens with two attached hydrogens (primary N) is 1. The summed E-state index contributed by atoms with van der Waals surface area (Å²) in [6, 6.07) is 5.46. The van der Waals surface area contributed by atoms with Crippen LogP contribution in [0.15, 0.2) is 18.2 Å². The molecule has 1 saturated carbocycles. The maximum absolute atomic E-state index is 12.0. The normalized spacial score (nSPS) is 21.4. The van der Waals surface area contributed by atoms with Crippen molar-refractivity contribution in [2.45, 2.75) is 32.2 Å². The highest BCUT2D eigenvalue weighted by atomic mass is 16.5.